The molecule has 1 aromatic rings. The first-order valence-electron chi connectivity index (χ1n) is 5.96. The van der Waals surface area contributed by atoms with Crippen LogP contribution in [0.15, 0.2) is 24.3 Å². The lowest BCUT2D eigenvalue weighted by molar-refractivity contribution is -0.125. The summed E-state index contributed by atoms with van der Waals surface area (Å²) in [5, 5.41) is 2.73. The molecule has 5 heteroatoms. The molecule has 1 N–H and O–H groups in total. The topological polar surface area (TPSA) is 52.7 Å². The van der Waals surface area contributed by atoms with Crippen LogP contribution >= 0.6 is 0 Å². The Morgan fingerprint density at radius 1 is 1.28 bits per heavy atom. The van der Waals surface area contributed by atoms with Gasteiger partial charge in [-0.1, -0.05) is 0 Å². The predicted molar refractivity (Wildman–Crippen MR) is 70.7 cm³/mol. The van der Waals surface area contributed by atoms with Crippen LogP contribution in [0.4, 0.5) is 16.2 Å². The molecule has 1 aliphatic rings. The first-order chi connectivity index (χ1) is 8.58. The van der Waals surface area contributed by atoms with E-state index in [-0.39, 0.29) is 11.9 Å². The first kappa shape index (κ1) is 12.4. The largest absolute Gasteiger partial charge is 0.378 e. The van der Waals surface area contributed by atoms with Gasteiger partial charge in [-0.2, -0.15) is 0 Å². The zero-order valence-corrected chi connectivity index (χ0v) is 10.6. The molecule has 5 nitrogen and oxygen atoms in total. The van der Waals surface area contributed by atoms with E-state index in [1.807, 2.05) is 43.3 Å². The fraction of sp³-hybridized carbons (Fsp3) is 0.385. The summed E-state index contributed by atoms with van der Waals surface area (Å²) in [5.74, 6) is -0.0996. The summed E-state index contributed by atoms with van der Waals surface area (Å²) in [4.78, 5) is 26.5. The van der Waals surface area contributed by atoms with Crippen LogP contribution < -0.4 is 10.2 Å². The average Bonchev–Trinajstić information content (AvgIpc) is 2.76. The minimum Gasteiger partial charge on any atom is -0.378 e. The van der Waals surface area contributed by atoms with Crippen molar-refractivity contribution in [3.8, 4) is 0 Å². The Bertz CT molecular complexity index is 454. The third-order valence-corrected chi connectivity index (χ3v) is 2.95. The molecule has 0 saturated carbocycles. The molecule has 0 spiro atoms. The highest BCUT2D eigenvalue weighted by molar-refractivity contribution is 6.02. The van der Waals surface area contributed by atoms with Crippen LogP contribution in [0.25, 0.3) is 0 Å². The minimum atomic E-state index is -0.338. The summed E-state index contributed by atoms with van der Waals surface area (Å²) >= 11 is 0. The van der Waals surface area contributed by atoms with E-state index in [0.29, 0.717) is 18.7 Å². The van der Waals surface area contributed by atoms with Crippen molar-refractivity contribution in [1.82, 2.24) is 4.90 Å². The molecular weight excluding hydrogens is 230 g/mol. The lowest BCUT2D eigenvalue weighted by Gasteiger charge is -2.16. The summed E-state index contributed by atoms with van der Waals surface area (Å²) in [6.07, 6.45) is 1.22. The second kappa shape index (κ2) is 5.08. The number of amides is 3. The Labute approximate surface area is 106 Å². The van der Waals surface area contributed by atoms with Crippen molar-refractivity contribution in [2.75, 3.05) is 30.9 Å². The number of urea groups is 1. The number of likely N-dealkylation sites (tertiary alicyclic amines) is 1. The fourth-order valence-electron chi connectivity index (χ4n) is 1.90. The molecule has 96 valence electrons. The number of carbonyl (C=O) groups is 2. The van der Waals surface area contributed by atoms with Crippen molar-refractivity contribution in [2.45, 2.75) is 12.8 Å². The lowest BCUT2D eigenvalue weighted by atomic mass is 10.2. The quantitative estimate of drug-likeness (QED) is 0.868. The highest BCUT2D eigenvalue weighted by Gasteiger charge is 2.26. The van der Waals surface area contributed by atoms with Gasteiger partial charge in [0.2, 0.25) is 5.91 Å². The Hall–Kier alpha value is -2.04. The number of carbonyl (C=O) groups excluding carboxylic acids is 2. The second-order valence-corrected chi connectivity index (χ2v) is 4.52. The van der Waals surface area contributed by atoms with Gasteiger partial charge in [0, 0.05) is 38.4 Å². The molecular formula is C13H17N3O2. The normalized spacial score (nSPS) is 14.8. The molecule has 1 aliphatic heterocycles. The maximum absolute atomic E-state index is 11.8. The van der Waals surface area contributed by atoms with Crippen molar-refractivity contribution in [3.63, 3.8) is 0 Å². The smallest absolute Gasteiger partial charge is 0.328 e. The van der Waals surface area contributed by atoms with Gasteiger partial charge >= 0.3 is 6.03 Å². The number of anilines is 2. The second-order valence-electron chi connectivity index (χ2n) is 4.52. The highest BCUT2D eigenvalue weighted by Crippen LogP contribution is 2.17. The molecule has 2 rings (SSSR count). The van der Waals surface area contributed by atoms with Gasteiger partial charge in [-0.05, 0) is 30.7 Å². The summed E-state index contributed by atoms with van der Waals surface area (Å²) < 4.78 is 0. The van der Waals surface area contributed by atoms with Crippen LogP contribution in [0.1, 0.15) is 12.8 Å². The van der Waals surface area contributed by atoms with Crippen molar-refractivity contribution in [3.05, 3.63) is 24.3 Å². The molecule has 0 atom stereocenters. The van der Waals surface area contributed by atoms with Gasteiger partial charge in [-0.3, -0.25) is 9.69 Å². The zero-order valence-electron chi connectivity index (χ0n) is 10.6. The molecule has 0 aliphatic carbocycles. The number of nitrogens with zero attached hydrogens (tertiary/aromatic N) is 2. The van der Waals surface area contributed by atoms with Gasteiger partial charge in [0.25, 0.3) is 0 Å². The molecule has 0 radical (unpaired) electrons. The molecule has 18 heavy (non-hydrogen) atoms. The molecule has 1 heterocycles. The van der Waals surface area contributed by atoms with E-state index in [2.05, 4.69) is 5.32 Å². The Morgan fingerprint density at radius 3 is 2.44 bits per heavy atom. The minimum absolute atomic E-state index is 0.0996. The van der Waals surface area contributed by atoms with E-state index in [1.165, 1.54) is 4.90 Å². The van der Waals surface area contributed by atoms with Gasteiger partial charge in [0.1, 0.15) is 0 Å². The number of imide groups is 1. The van der Waals surface area contributed by atoms with Crippen molar-refractivity contribution in [2.24, 2.45) is 0 Å². The van der Waals surface area contributed by atoms with E-state index in [4.69, 9.17) is 0 Å². The van der Waals surface area contributed by atoms with Crippen LogP contribution in [0, 0.1) is 0 Å². The standard InChI is InChI=1S/C13H17N3O2/c1-15(2)11-7-5-10(6-8-11)14-13(18)16-9-3-4-12(16)17/h5-8H,3-4,9H2,1-2H3,(H,14,18). The number of hydrogen-bond donors (Lipinski definition) is 1. The maximum atomic E-state index is 11.8. The maximum Gasteiger partial charge on any atom is 0.328 e. The van der Waals surface area contributed by atoms with E-state index in [9.17, 15) is 9.59 Å². The molecule has 1 aromatic carbocycles. The summed E-state index contributed by atoms with van der Waals surface area (Å²) in [6.45, 7) is 0.514. The Kier molecular flexibility index (Phi) is 3.50. The van der Waals surface area contributed by atoms with E-state index in [0.717, 1.165) is 12.1 Å². The van der Waals surface area contributed by atoms with E-state index in [1.54, 1.807) is 0 Å². The summed E-state index contributed by atoms with van der Waals surface area (Å²) in [6, 6.07) is 7.15. The van der Waals surface area contributed by atoms with E-state index >= 15 is 0 Å². The van der Waals surface area contributed by atoms with Gasteiger partial charge in [-0.25, -0.2) is 4.79 Å². The van der Waals surface area contributed by atoms with Crippen LogP contribution in [0.3, 0.4) is 0 Å². The third-order valence-electron chi connectivity index (χ3n) is 2.95. The molecule has 1 saturated heterocycles. The molecule has 0 unspecified atom stereocenters. The Morgan fingerprint density at radius 2 is 1.94 bits per heavy atom. The molecule has 0 aromatic heterocycles. The Balaban J connectivity index is 2.01. The van der Waals surface area contributed by atoms with Crippen molar-refractivity contribution < 1.29 is 9.59 Å². The third kappa shape index (κ3) is 2.61. The number of nitrogens with one attached hydrogen (secondary N) is 1. The highest BCUT2D eigenvalue weighted by atomic mass is 16.2. The number of benzene rings is 1. The van der Waals surface area contributed by atoms with Gasteiger partial charge in [0.05, 0.1) is 0 Å². The summed E-state index contributed by atoms with van der Waals surface area (Å²) in [5.41, 5.74) is 1.76. The zero-order chi connectivity index (χ0) is 13.1. The molecule has 1 fully saturated rings. The number of hydrogen-bond acceptors (Lipinski definition) is 3. The van der Waals surface area contributed by atoms with Crippen molar-refractivity contribution in [1.29, 1.82) is 0 Å². The fourth-order valence-corrected chi connectivity index (χ4v) is 1.90. The lowest BCUT2D eigenvalue weighted by Crippen LogP contribution is -2.35. The number of rotatable bonds is 2. The van der Waals surface area contributed by atoms with Crippen LogP contribution in [-0.2, 0) is 4.79 Å². The average molecular weight is 247 g/mol. The van der Waals surface area contributed by atoms with Crippen LogP contribution in [0.2, 0.25) is 0 Å². The monoisotopic (exact) mass is 247 g/mol. The van der Waals surface area contributed by atoms with E-state index < -0.39 is 0 Å². The van der Waals surface area contributed by atoms with Gasteiger partial charge in [-0.15, -0.1) is 0 Å². The van der Waals surface area contributed by atoms with Gasteiger partial charge in [0.15, 0.2) is 0 Å². The van der Waals surface area contributed by atoms with Gasteiger partial charge < -0.3 is 10.2 Å². The first-order valence-corrected chi connectivity index (χ1v) is 5.96. The van der Waals surface area contributed by atoms with Crippen LogP contribution in [-0.4, -0.2) is 37.5 Å². The summed E-state index contributed by atoms with van der Waals surface area (Å²) in [7, 11) is 3.91. The van der Waals surface area contributed by atoms with Crippen molar-refractivity contribution >= 4 is 23.3 Å². The SMILES string of the molecule is CN(C)c1ccc(NC(=O)N2CCCC2=O)cc1. The molecule has 3 amide bonds. The molecule has 0 bridgehead atoms. The predicted octanol–water partition coefficient (Wildman–Crippen LogP) is 1.91. The van der Waals surface area contributed by atoms with Crippen LogP contribution in [0.5, 0.6) is 0 Å².